The number of rotatable bonds is 3. The Hall–Kier alpha value is -1.77. The summed E-state index contributed by atoms with van der Waals surface area (Å²) >= 11 is 0. The van der Waals surface area contributed by atoms with Gasteiger partial charge in [-0.05, 0) is 42.5 Å². The fourth-order valence-corrected chi connectivity index (χ4v) is 2.59. The Morgan fingerprint density at radius 2 is 2.16 bits per heavy atom. The number of aryl methyl sites for hydroxylation is 1. The third kappa shape index (κ3) is 3.37. The van der Waals surface area contributed by atoms with E-state index in [4.69, 9.17) is 4.74 Å². The van der Waals surface area contributed by atoms with Gasteiger partial charge in [-0.1, -0.05) is 18.6 Å². The largest absolute Gasteiger partial charge is 0.497 e. The third-order valence-electron chi connectivity index (χ3n) is 3.63. The van der Waals surface area contributed by atoms with Crippen molar-refractivity contribution in [3.05, 3.63) is 41.5 Å². The van der Waals surface area contributed by atoms with Gasteiger partial charge in [-0.15, -0.1) is 0 Å². The predicted octanol–water partition coefficient (Wildman–Crippen LogP) is 3.23. The molecule has 0 fully saturated rings. The van der Waals surface area contributed by atoms with E-state index in [0.29, 0.717) is 5.92 Å². The van der Waals surface area contributed by atoms with E-state index >= 15 is 0 Å². The minimum absolute atomic E-state index is 0.292. The number of hydrogen-bond donors (Lipinski definition) is 0. The average Bonchev–Trinajstić information content (AvgIpc) is 2.66. The van der Waals surface area contributed by atoms with Crippen LogP contribution in [0.1, 0.15) is 36.3 Å². The highest BCUT2D eigenvalue weighted by atomic mass is 16.5. The number of fused-ring (bicyclic) bond motifs is 1. The van der Waals surface area contributed by atoms with Gasteiger partial charge in [0.2, 0.25) is 0 Å². The Morgan fingerprint density at radius 1 is 1.32 bits per heavy atom. The zero-order chi connectivity index (χ0) is 13.7. The molecule has 0 N–H and O–H groups in total. The number of carbonyl (C=O) groups excluding carboxylic acids is 1. The standard InChI is InChI=1S/C16H20O3/c1-18-14-8-9-15-12(7-10-16(17)19-2)5-3-4-6-13(15)11-14/h7-12H,3-6H2,1-2H3/b10-7+/t12-/m1/s1. The van der Waals surface area contributed by atoms with Crippen molar-refractivity contribution < 1.29 is 14.3 Å². The van der Waals surface area contributed by atoms with Crippen molar-refractivity contribution in [2.24, 2.45) is 0 Å². The van der Waals surface area contributed by atoms with Crippen molar-refractivity contribution in [3.63, 3.8) is 0 Å². The smallest absolute Gasteiger partial charge is 0.330 e. The SMILES string of the molecule is COC(=O)/C=C/[C@H]1CCCCc2cc(OC)ccc21. The normalized spacial score (nSPS) is 18.7. The molecular weight excluding hydrogens is 240 g/mol. The van der Waals surface area contributed by atoms with Crippen molar-refractivity contribution in [2.45, 2.75) is 31.6 Å². The van der Waals surface area contributed by atoms with Crippen LogP contribution in [0.5, 0.6) is 5.75 Å². The summed E-state index contributed by atoms with van der Waals surface area (Å²) in [6.45, 7) is 0. The molecule has 0 spiro atoms. The molecular formula is C16H20O3. The molecule has 3 heteroatoms. The first-order valence-electron chi connectivity index (χ1n) is 6.67. The molecule has 0 saturated heterocycles. The predicted molar refractivity (Wildman–Crippen MR) is 74.4 cm³/mol. The van der Waals surface area contributed by atoms with Crippen LogP contribution < -0.4 is 4.74 Å². The molecule has 0 saturated carbocycles. The number of ether oxygens (including phenoxy) is 2. The summed E-state index contributed by atoms with van der Waals surface area (Å²) in [5, 5.41) is 0. The Labute approximate surface area is 114 Å². The molecule has 1 aliphatic carbocycles. The molecule has 3 nitrogen and oxygen atoms in total. The van der Waals surface area contributed by atoms with E-state index in [9.17, 15) is 4.79 Å². The lowest BCUT2D eigenvalue weighted by Gasteiger charge is -2.14. The second kappa shape index (κ2) is 6.41. The van der Waals surface area contributed by atoms with Crippen molar-refractivity contribution in [1.82, 2.24) is 0 Å². The highest BCUT2D eigenvalue weighted by molar-refractivity contribution is 5.81. The van der Waals surface area contributed by atoms with Crippen LogP contribution in [0.15, 0.2) is 30.4 Å². The van der Waals surface area contributed by atoms with E-state index < -0.39 is 0 Å². The summed E-state index contributed by atoms with van der Waals surface area (Å²) in [6.07, 6.45) is 8.00. The Kier molecular flexibility index (Phi) is 4.61. The number of esters is 1. The summed E-state index contributed by atoms with van der Waals surface area (Å²) in [6, 6.07) is 6.22. The van der Waals surface area contributed by atoms with Crippen molar-refractivity contribution >= 4 is 5.97 Å². The van der Waals surface area contributed by atoms with Crippen molar-refractivity contribution in [2.75, 3.05) is 14.2 Å². The van der Waals surface area contributed by atoms with Crippen LogP contribution in [-0.2, 0) is 16.0 Å². The van der Waals surface area contributed by atoms with Crippen LogP contribution in [0.2, 0.25) is 0 Å². The number of allylic oxidation sites excluding steroid dienone is 1. The molecule has 1 aliphatic rings. The van der Waals surface area contributed by atoms with Gasteiger partial charge in [-0.3, -0.25) is 0 Å². The topological polar surface area (TPSA) is 35.5 Å². The first kappa shape index (κ1) is 13.7. The van der Waals surface area contributed by atoms with Crippen LogP contribution in [0.4, 0.5) is 0 Å². The van der Waals surface area contributed by atoms with Gasteiger partial charge >= 0.3 is 5.97 Å². The number of methoxy groups -OCH3 is 2. The van der Waals surface area contributed by atoms with E-state index in [2.05, 4.69) is 16.9 Å². The fourth-order valence-electron chi connectivity index (χ4n) is 2.59. The lowest BCUT2D eigenvalue weighted by Crippen LogP contribution is -2.00. The quantitative estimate of drug-likeness (QED) is 0.475. The first-order chi connectivity index (χ1) is 9.24. The first-order valence-corrected chi connectivity index (χ1v) is 6.67. The molecule has 0 bridgehead atoms. The van der Waals surface area contributed by atoms with Crippen molar-refractivity contribution in [1.29, 1.82) is 0 Å². The highest BCUT2D eigenvalue weighted by Crippen LogP contribution is 2.33. The maximum Gasteiger partial charge on any atom is 0.330 e. The second-order valence-corrected chi connectivity index (χ2v) is 4.80. The molecule has 1 atom stereocenters. The van der Waals surface area contributed by atoms with Gasteiger partial charge in [-0.2, -0.15) is 0 Å². The van der Waals surface area contributed by atoms with Crippen molar-refractivity contribution in [3.8, 4) is 5.75 Å². The molecule has 1 aromatic carbocycles. The monoisotopic (exact) mass is 260 g/mol. The zero-order valence-corrected chi connectivity index (χ0v) is 11.5. The lowest BCUT2D eigenvalue weighted by atomic mass is 9.92. The molecule has 0 heterocycles. The zero-order valence-electron chi connectivity index (χ0n) is 11.5. The van der Waals surface area contributed by atoms with Gasteiger partial charge in [0, 0.05) is 12.0 Å². The van der Waals surface area contributed by atoms with Gasteiger partial charge in [-0.25, -0.2) is 4.79 Å². The molecule has 2 rings (SSSR count). The summed E-state index contributed by atoms with van der Waals surface area (Å²) in [5.74, 6) is 0.901. The van der Waals surface area contributed by atoms with Crippen LogP contribution in [0, 0.1) is 0 Å². The lowest BCUT2D eigenvalue weighted by molar-refractivity contribution is -0.134. The Bertz CT molecular complexity index is 477. The maximum absolute atomic E-state index is 11.2. The minimum Gasteiger partial charge on any atom is -0.497 e. The van der Waals surface area contributed by atoms with Gasteiger partial charge in [0.25, 0.3) is 0 Å². The molecule has 102 valence electrons. The minimum atomic E-state index is -0.292. The fraction of sp³-hybridized carbons (Fsp3) is 0.438. The average molecular weight is 260 g/mol. The molecule has 0 aromatic heterocycles. The molecule has 0 amide bonds. The number of carbonyl (C=O) groups is 1. The molecule has 0 unspecified atom stereocenters. The van der Waals surface area contributed by atoms with Crippen LogP contribution >= 0.6 is 0 Å². The Balaban J connectivity index is 2.27. The second-order valence-electron chi connectivity index (χ2n) is 4.80. The molecule has 1 aromatic rings. The number of hydrogen-bond acceptors (Lipinski definition) is 3. The van der Waals surface area contributed by atoms with Crippen LogP contribution in [-0.4, -0.2) is 20.2 Å². The molecule has 0 aliphatic heterocycles. The van der Waals surface area contributed by atoms with Gasteiger partial charge in [0.05, 0.1) is 14.2 Å². The van der Waals surface area contributed by atoms with Crippen LogP contribution in [0.25, 0.3) is 0 Å². The molecule has 19 heavy (non-hydrogen) atoms. The highest BCUT2D eigenvalue weighted by Gasteiger charge is 2.17. The number of benzene rings is 1. The van der Waals surface area contributed by atoms with E-state index in [1.54, 1.807) is 7.11 Å². The van der Waals surface area contributed by atoms with E-state index in [1.807, 2.05) is 12.1 Å². The van der Waals surface area contributed by atoms with Gasteiger partial charge in [0.15, 0.2) is 0 Å². The van der Waals surface area contributed by atoms with Gasteiger partial charge in [0.1, 0.15) is 5.75 Å². The maximum atomic E-state index is 11.2. The van der Waals surface area contributed by atoms with E-state index in [-0.39, 0.29) is 5.97 Å². The Morgan fingerprint density at radius 3 is 2.89 bits per heavy atom. The molecule has 0 radical (unpaired) electrons. The van der Waals surface area contributed by atoms with E-state index in [0.717, 1.165) is 18.6 Å². The van der Waals surface area contributed by atoms with Gasteiger partial charge < -0.3 is 9.47 Å². The summed E-state index contributed by atoms with van der Waals surface area (Å²) < 4.78 is 9.93. The van der Waals surface area contributed by atoms with Crippen LogP contribution in [0.3, 0.4) is 0 Å². The third-order valence-corrected chi connectivity index (χ3v) is 3.63. The summed E-state index contributed by atoms with van der Waals surface area (Å²) in [7, 11) is 3.09. The summed E-state index contributed by atoms with van der Waals surface area (Å²) in [4.78, 5) is 11.2. The summed E-state index contributed by atoms with van der Waals surface area (Å²) in [5.41, 5.74) is 2.63. The van der Waals surface area contributed by atoms with E-state index in [1.165, 1.54) is 37.2 Å².